The Bertz CT molecular complexity index is 564. The van der Waals surface area contributed by atoms with Gasteiger partial charge in [-0.25, -0.2) is 8.42 Å². The minimum Gasteiger partial charge on any atom is -0.348 e. The summed E-state index contributed by atoms with van der Waals surface area (Å²) in [6, 6.07) is 6.69. The Morgan fingerprint density at radius 3 is 2.47 bits per heavy atom. The van der Waals surface area contributed by atoms with Crippen LogP contribution in [-0.4, -0.2) is 31.9 Å². The lowest BCUT2D eigenvalue weighted by Crippen LogP contribution is -2.35. The van der Waals surface area contributed by atoms with Crippen molar-refractivity contribution in [1.82, 2.24) is 5.32 Å². The van der Waals surface area contributed by atoms with Gasteiger partial charge >= 0.3 is 0 Å². The summed E-state index contributed by atoms with van der Waals surface area (Å²) in [5.74, 6) is -0.0450. The molecule has 0 spiro atoms. The lowest BCUT2D eigenvalue weighted by Gasteiger charge is -2.11. The molecule has 0 aromatic heterocycles. The highest BCUT2D eigenvalue weighted by atomic mass is 32.2. The minimum absolute atomic E-state index is 0.0384. The minimum atomic E-state index is -2.97. The van der Waals surface area contributed by atoms with Gasteiger partial charge in [0.15, 0.2) is 9.84 Å². The van der Waals surface area contributed by atoms with Gasteiger partial charge in [-0.15, -0.1) is 0 Å². The maximum absolute atomic E-state index is 12.0. The molecule has 1 amide bonds. The standard InChI is InChI=1S/C13H18N2O3S/c1-9(14)10-2-4-11(5-3-10)13(16)15-12-6-7-19(17,18)8-12/h2-5,9,12H,6-8,14H2,1H3,(H,15,16). The Morgan fingerprint density at radius 2 is 2.00 bits per heavy atom. The summed E-state index contributed by atoms with van der Waals surface area (Å²) in [7, 11) is -2.97. The van der Waals surface area contributed by atoms with Crippen molar-refractivity contribution in [3.05, 3.63) is 35.4 Å². The molecular formula is C13H18N2O3S. The van der Waals surface area contributed by atoms with Gasteiger partial charge in [0.1, 0.15) is 0 Å². The summed E-state index contributed by atoms with van der Waals surface area (Å²) >= 11 is 0. The maximum atomic E-state index is 12.0. The molecule has 6 heteroatoms. The van der Waals surface area contributed by atoms with E-state index >= 15 is 0 Å². The highest BCUT2D eigenvalue weighted by molar-refractivity contribution is 7.91. The second kappa shape index (κ2) is 5.30. The van der Waals surface area contributed by atoms with E-state index in [2.05, 4.69) is 5.32 Å². The molecule has 19 heavy (non-hydrogen) atoms. The van der Waals surface area contributed by atoms with Crippen LogP contribution in [0.15, 0.2) is 24.3 Å². The SMILES string of the molecule is CC(N)c1ccc(C(=O)NC2CCS(=O)(=O)C2)cc1. The van der Waals surface area contributed by atoms with E-state index in [1.807, 2.05) is 19.1 Å². The quantitative estimate of drug-likeness (QED) is 0.850. The fourth-order valence-electron chi connectivity index (χ4n) is 2.12. The predicted octanol–water partition coefficient (Wildman–Crippen LogP) is 0.623. The molecule has 2 rings (SSSR count). The maximum Gasteiger partial charge on any atom is 0.251 e. The number of nitrogens with two attached hydrogens (primary N) is 1. The van der Waals surface area contributed by atoms with Gasteiger partial charge in [0.05, 0.1) is 11.5 Å². The van der Waals surface area contributed by atoms with E-state index in [0.717, 1.165) is 5.56 Å². The van der Waals surface area contributed by atoms with Crippen LogP contribution in [0.1, 0.15) is 35.3 Å². The van der Waals surface area contributed by atoms with Gasteiger partial charge in [0, 0.05) is 17.6 Å². The fraction of sp³-hybridized carbons (Fsp3) is 0.462. The zero-order chi connectivity index (χ0) is 14.0. The summed E-state index contributed by atoms with van der Waals surface area (Å²) < 4.78 is 22.6. The number of carbonyl (C=O) groups is 1. The van der Waals surface area contributed by atoms with Crippen LogP contribution in [0.5, 0.6) is 0 Å². The van der Waals surface area contributed by atoms with E-state index in [-0.39, 0.29) is 29.5 Å². The molecule has 0 saturated carbocycles. The second-order valence-electron chi connectivity index (χ2n) is 4.98. The molecule has 0 bridgehead atoms. The molecule has 1 saturated heterocycles. The number of benzene rings is 1. The number of amides is 1. The lowest BCUT2D eigenvalue weighted by atomic mass is 10.1. The van der Waals surface area contributed by atoms with Crippen molar-refractivity contribution < 1.29 is 13.2 Å². The number of carbonyl (C=O) groups excluding carboxylic acids is 1. The summed E-state index contributed by atoms with van der Waals surface area (Å²) in [5, 5.41) is 2.75. The van der Waals surface area contributed by atoms with E-state index in [1.165, 1.54) is 0 Å². The first-order valence-electron chi connectivity index (χ1n) is 6.24. The molecule has 0 aliphatic carbocycles. The van der Waals surface area contributed by atoms with Crippen LogP contribution in [0.2, 0.25) is 0 Å². The molecule has 1 fully saturated rings. The molecule has 1 aliphatic rings. The van der Waals surface area contributed by atoms with Gasteiger partial charge in [-0.1, -0.05) is 12.1 Å². The number of rotatable bonds is 3. The predicted molar refractivity (Wildman–Crippen MR) is 73.6 cm³/mol. The smallest absolute Gasteiger partial charge is 0.251 e. The number of nitrogens with one attached hydrogen (secondary N) is 1. The van der Waals surface area contributed by atoms with Gasteiger partial charge < -0.3 is 11.1 Å². The van der Waals surface area contributed by atoms with Crippen molar-refractivity contribution in [2.75, 3.05) is 11.5 Å². The zero-order valence-corrected chi connectivity index (χ0v) is 11.6. The summed E-state index contributed by atoms with van der Waals surface area (Å²) in [6.45, 7) is 1.87. The first kappa shape index (κ1) is 14.0. The van der Waals surface area contributed by atoms with Gasteiger partial charge in [0.2, 0.25) is 0 Å². The van der Waals surface area contributed by atoms with E-state index in [1.54, 1.807) is 12.1 Å². The average Bonchev–Trinajstić information content (AvgIpc) is 2.68. The van der Waals surface area contributed by atoms with Crippen molar-refractivity contribution in [1.29, 1.82) is 0 Å². The largest absolute Gasteiger partial charge is 0.348 e. The highest BCUT2D eigenvalue weighted by Crippen LogP contribution is 2.14. The topological polar surface area (TPSA) is 89.3 Å². The van der Waals surface area contributed by atoms with Crippen LogP contribution in [0, 0.1) is 0 Å². The molecule has 104 valence electrons. The van der Waals surface area contributed by atoms with Crippen LogP contribution >= 0.6 is 0 Å². The lowest BCUT2D eigenvalue weighted by molar-refractivity contribution is 0.0941. The van der Waals surface area contributed by atoms with Crippen molar-refractivity contribution in [3.63, 3.8) is 0 Å². The van der Waals surface area contributed by atoms with Crippen LogP contribution in [0.4, 0.5) is 0 Å². The third-order valence-corrected chi connectivity index (χ3v) is 5.03. The first-order valence-corrected chi connectivity index (χ1v) is 8.06. The zero-order valence-electron chi connectivity index (χ0n) is 10.8. The second-order valence-corrected chi connectivity index (χ2v) is 7.21. The average molecular weight is 282 g/mol. The van der Waals surface area contributed by atoms with Crippen LogP contribution in [-0.2, 0) is 9.84 Å². The Hall–Kier alpha value is -1.40. The van der Waals surface area contributed by atoms with Crippen molar-refractivity contribution >= 4 is 15.7 Å². The molecule has 5 nitrogen and oxygen atoms in total. The van der Waals surface area contributed by atoms with E-state index in [9.17, 15) is 13.2 Å². The summed E-state index contributed by atoms with van der Waals surface area (Å²) in [4.78, 5) is 12.0. The molecule has 2 atom stereocenters. The number of hydrogen-bond acceptors (Lipinski definition) is 4. The highest BCUT2D eigenvalue weighted by Gasteiger charge is 2.29. The molecule has 1 aromatic rings. The number of hydrogen-bond donors (Lipinski definition) is 2. The van der Waals surface area contributed by atoms with Gasteiger partial charge in [-0.2, -0.15) is 0 Å². The Balaban J connectivity index is 2.00. The monoisotopic (exact) mass is 282 g/mol. The summed E-state index contributed by atoms with van der Waals surface area (Å²) in [5.41, 5.74) is 7.21. The normalized spacial score (nSPS) is 22.9. The molecule has 1 aromatic carbocycles. The molecule has 0 radical (unpaired) electrons. The van der Waals surface area contributed by atoms with Gasteiger partial charge in [0.25, 0.3) is 5.91 Å². The Morgan fingerprint density at radius 1 is 1.37 bits per heavy atom. The van der Waals surface area contributed by atoms with Crippen molar-refractivity contribution in [2.45, 2.75) is 25.4 Å². The van der Waals surface area contributed by atoms with E-state index < -0.39 is 9.84 Å². The molecule has 1 heterocycles. The molecule has 1 aliphatic heterocycles. The Kier molecular flexibility index (Phi) is 3.91. The van der Waals surface area contributed by atoms with Crippen LogP contribution in [0.3, 0.4) is 0 Å². The van der Waals surface area contributed by atoms with Crippen LogP contribution in [0.25, 0.3) is 0 Å². The first-order chi connectivity index (χ1) is 8.87. The van der Waals surface area contributed by atoms with Crippen LogP contribution < -0.4 is 11.1 Å². The molecule has 3 N–H and O–H groups in total. The molecular weight excluding hydrogens is 264 g/mol. The van der Waals surface area contributed by atoms with Gasteiger partial charge in [-0.3, -0.25) is 4.79 Å². The molecule has 2 unspecified atom stereocenters. The Labute approximate surface area is 113 Å². The summed E-state index contributed by atoms with van der Waals surface area (Å²) in [6.07, 6.45) is 0.492. The third-order valence-electron chi connectivity index (χ3n) is 3.27. The van der Waals surface area contributed by atoms with Crippen molar-refractivity contribution in [2.24, 2.45) is 5.73 Å². The van der Waals surface area contributed by atoms with E-state index in [0.29, 0.717) is 12.0 Å². The van der Waals surface area contributed by atoms with E-state index in [4.69, 9.17) is 5.73 Å². The van der Waals surface area contributed by atoms with Crippen molar-refractivity contribution in [3.8, 4) is 0 Å². The third kappa shape index (κ3) is 3.54. The number of sulfone groups is 1. The van der Waals surface area contributed by atoms with Gasteiger partial charge in [-0.05, 0) is 31.0 Å². The fourth-order valence-corrected chi connectivity index (χ4v) is 3.79.